The Kier molecular flexibility index (Phi) is 4.20. The monoisotopic (exact) mass is 289 g/mol. The molecule has 0 saturated carbocycles. The van der Waals surface area contributed by atoms with E-state index in [4.69, 9.17) is 4.74 Å². The smallest absolute Gasteiger partial charge is 0.0480 e. The number of nitrogens with one attached hydrogen (secondary N) is 1. The van der Waals surface area contributed by atoms with Crippen molar-refractivity contribution in [1.29, 1.82) is 0 Å². The third-order valence-electron chi connectivity index (χ3n) is 2.72. The number of rotatable bonds is 3. The first-order valence-electron chi connectivity index (χ1n) is 5.33. The van der Waals surface area contributed by atoms with Crippen LogP contribution >= 0.6 is 27.3 Å². The second-order valence-electron chi connectivity index (χ2n) is 3.94. The summed E-state index contributed by atoms with van der Waals surface area (Å²) in [5.41, 5.74) is 0. The molecule has 4 heteroatoms. The van der Waals surface area contributed by atoms with E-state index in [0.717, 1.165) is 26.1 Å². The molecule has 0 amide bonds. The predicted octanol–water partition coefficient (Wildman–Crippen LogP) is 3.34. The van der Waals surface area contributed by atoms with Crippen LogP contribution in [0.4, 0.5) is 0 Å². The molecule has 0 aliphatic carbocycles. The van der Waals surface area contributed by atoms with E-state index in [-0.39, 0.29) is 0 Å². The van der Waals surface area contributed by atoms with Crippen LogP contribution in [0.1, 0.15) is 30.7 Å². The summed E-state index contributed by atoms with van der Waals surface area (Å²) in [7, 11) is 0. The molecule has 2 nitrogen and oxygen atoms in total. The fraction of sp³-hybridized carbons (Fsp3) is 0.636. The minimum Gasteiger partial charge on any atom is -0.381 e. The van der Waals surface area contributed by atoms with E-state index in [1.165, 1.54) is 9.35 Å². The summed E-state index contributed by atoms with van der Waals surface area (Å²) in [6.07, 6.45) is 2.27. The third kappa shape index (κ3) is 3.28. The fourth-order valence-corrected chi connectivity index (χ4v) is 3.32. The average Bonchev–Trinajstić information content (AvgIpc) is 2.66. The maximum Gasteiger partial charge on any atom is 0.0480 e. The third-order valence-corrected chi connectivity index (χ3v) is 4.60. The molecule has 1 aliphatic heterocycles. The highest BCUT2D eigenvalue weighted by Gasteiger charge is 2.17. The Bertz CT molecular complexity index is 309. The zero-order valence-corrected chi connectivity index (χ0v) is 11.2. The second kappa shape index (κ2) is 5.43. The van der Waals surface area contributed by atoms with Crippen molar-refractivity contribution in [2.75, 3.05) is 13.2 Å². The van der Waals surface area contributed by atoms with Crippen molar-refractivity contribution in [3.8, 4) is 0 Å². The predicted molar refractivity (Wildman–Crippen MR) is 67.4 cm³/mol. The molecular weight excluding hydrogens is 274 g/mol. The van der Waals surface area contributed by atoms with Crippen molar-refractivity contribution >= 4 is 27.3 Å². The molecule has 1 aromatic rings. The SMILES string of the molecule is CC(NC1CCOCC1)c1cc(Br)cs1. The van der Waals surface area contributed by atoms with Crippen molar-refractivity contribution in [3.05, 3.63) is 20.8 Å². The lowest BCUT2D eigenvalue weighted by atomic mass is 10.1. The van der Waals surface area contributed by atoms with Gasteiger partial charge in [-0.25, -0.2) is 0 Å². The summed E-state index contributed by atoms with van der Waals surface area (Å²) in [6, 6.07) is 3.26. The first-order valence-corrected chi connectivity index (χ1v) is 7.00. The van der Waals surface area contributed by atoms with Gasteiger partial charge in [-0.1, -0.05) is 0 Å². The molecule has 1 fully saturated rings. The zero-order chi connectivity index (χ0) is 10.7. The fourth-order valence-electron chi connectivity index (χ4n) is 1.86. The number of ether oxygens (including phenoxy) is 1. The van der Waals surface area contributed by atoms with Gasteiger partial charge < -0.3 is 10.1 Å². The molecule has 1 saturated heterocycles. The number of halogens is 1. The molecule has 0 bridgehead atoms. The molecule has 1 aromatic heterocycles. The molecular formula is C11H16BrNOS. The van der Waals surface area contributed by atoms with Gasteiger partial charge in [0, 0.05) is 40.0 Å². The van der Waals surface area contributed by atoms with E-state index in [0.29, 0.717) is 12.1 Å². The Morgan fingerprint density at radius 1 is 1.53 bits per heavy atom. The van der Waals surface area contributed by atoms with E-state index in [2.05, 4.69) is 39.6 Å². The van der Waals surface area contributed by atoms with Gasteiger partial charge in [-0.3, -0.25) is 0 Å². The molecule has 0 aromatic carbocycles. The Morgan fingerprint density at radius 2 is 2.27 bits per heavy atom. The number of hydrogen-bond acceptors (Lipinski definition) is 3. The molecule has 0 radical (unpaired) electrons. The lowest BCUT2D eigenvalue weighted by molar-refractivity contribution is 0.0755. The zero-order valence-electron chi connectivity index (χ0n) is 8.83. The highest BCUT2D eigenvalue weighted by molar-refractivity contribution is 9.10. The quantitative estimate of drug-likeness (QED) is 0.922. The van der Waals surface area contributed by atoms with Crippen LogP contribution in [0, 0.1) is 0 Å². The lowest BCUT2D eigenvalue weighted by Gasteiger charge is -2.26. The largest absolute Gasteiger partial charge is 0.381 e. The van der Waals surface area contributed by atoms with Crippen LogP contribution in [0.3, 0.4) is 0 Å². The highest BCUT2D eigenvalue weighted by Crippen LogP contribution is 2.26. The average molecular weight is 290 g/mol. The lowest BCUT2D eigenvalue weighted by Crippen LogP contribution is -2.36. The molecule has 1 aliphatic rings. The maximum absolute atomic E-state index is 5.35. The summed E-state index contributed by atoms with van der Waals surface area (Å²) in [5.74, 6) is 0. The van der Waals surface area contributed by atoms with Crippen LogP contribution < -0.4 is 5.32 Å². The molecule has 1 unspecified atom stereocenters. The van der Waals surface area contributed by atoms with Crippen molar-refractivity contribution in [2.24, 2.45) is 0 Å². The minimum absolute atomic E-state index is 0.449. The standard InChI is InChI=1S/C11H16BrNOS/c1-8(11-6-9(12)7-15-11)13-10-2-4-14-5-3-10/h6-8,10,13H,2-5H2,1H3. The van der Waals surface area contributed by atoms with E-state index in [1.54, 1.807) is 11.3 Å². The number of thiophene rings is 1. The van der Waals surface area contributed by atoms with Crippen LogP contribution in [0.25, 0.3) is 0 Å². The van der Waals surface area contributed by atoms with Crippen LogP contribution in [0.2, 0.25) is 0 Å². The summed E-state index contributed by atoms with van der Waals surface area (Å²) in [5, 5.41) is 5.79. The van der Waals surface area contributed by atoms with Crippen molar-refractivity contribution < 1.29 is 4.74 Å². The molecule has 1 N–H and O–H groups in total. The van der Waals surface area contributed by atoms with E-state index in [1.807, 2.05) is 0 Å². The van der Waals surface area contributed by atoms with E-state index < -0.39 is 0 Å². The Balaban J connectivity index is 1.88. The van der Waals surface area contributed by atoms with Gasteiger partial charge in [-0.2, -0.15) is 0 Å². The van der Waals surface area contributed by atoms with Crippen LogP contribution in [0.15, 0.2) is 15.9 Å². The van der Waals surface area contributed by atoms with Gasteiger partial charge in [0.05, 0.1) is 0 Å². The van der Waals surface area contributed by atoms with Gasteiger partial charge in [0.25, 0.3) is 0 Å². The normalized spacial score (nSPS) is 20.4. The van der Waals surface area contributed by atoms with Gasteiger partial charge in [-0.15, -0.1) is 11.3 Å². The highest BCUT2D eigenvalue weighted by atomic mass is 79.9. The van der Waals surface area contributed by atoms with Crippen LogP contribution in [0.5, 0.6) is 0 Å². The number of hydrogen-bond donors (Lipinski definition) is 1. The van der Waals surface area contributed by atoms with Crippen LogP contribution in [-0.4, -0.2) is 19.3 Å². The summed E-state index contributed by atoms with van der Waals surface area (Å²) in [4.78, 5) is 1.40. The van der Waals surface area contributed by atoms with Gasteiger partial charge in [-0.05, 0) is 41.8 Å². The maximum atomic E-state index is 5.35. The minimum atomic E-state index is 0.449. The molecule has 0 spiro atoms. The van der Waals surface area contributed by atoms with Gasteiger partial charge in [0.15, 0.2) is 0 Å². The van der Waals surface area contributed by atoms with Crippen molar-refractivity contribution in [3.63, 3.8) is 0 Å². The molecule has 15 heavy (non-hydrogen) atoms. The second-order valence-corrected chi connectivity index (χ2v) is 5.80. The van der Waals surface area contributed by atoms with E-state index in [9.17, 15) is 0 Å². The van der Waals surface area contributed by atoms with Crippen LogP contribution in [-0.2, 0) is 4.74 Å². The Labute approximate surface area is 103 Å². The molecule has 84 valence electrons. The van der Waals surface area contributed by atoms with Crippen molar-refractivity contribution in [1.82, 2.24) is 5.32 Å². The first-order chi connectivity index (χ1) is 7.25. The molecule has 2 heterocycles. The van der Waals surface area contributed by atoms with Gasteiger partial charge in [0.1, 0.15) is 0 Å². The first kappa shape index (κ1) is 11.6. The van der Waals surface area contributed by atoms with Gasteiger partial charge >= 0.3 is 0 Å². The summed E-state index contributed by atoms with van der Waals surface area (Å²) < 4.78 is 6.53. The Morgan fingerprint density at radius 3 is 2.87 bits per heavy atom. The van der Waals surface area contributed by atoms with Gasteiger partial charge in [0.2, 0.25) is 0 Å². The molecule has 1 atom stereocenters. The van der Waals surface area contributed by atoms with Crippen molar-refractivity contribution in [2.45, 2.75) is 31.8 Å². The topological polar surface area (TPSA) is 21.3 Å². The summed E-state index contributed by atoms with van der Waals surface area (Å²) in [6.45, 7) is 4.03. The molecule has 2 rings (SSSR count). The summed E-state index contributed by atoms with van der Waals surface area (Å²) >= 11 is 5.29. The Hall–Kier alpha value is 0.1000. The van der Waals surface area contributed by atoms with E-state index >= 15 is 0 Å².